The normalized spacial score (nSPS) is 19.2. The first-order chi connectivity index (χ1) is 7.54. The number of cyclic esters (lactones) is 1. The molecule has 0 amide bonds. The van der Waals surface area contributed by atoms with Crippen LogP contribution >= 0.6 is 22.6 Å². The van der Waals surface area contributed by atoms with Crippen molar-refractivity contribution >= 4 is 28.6 Å². The number of phenols is 1. The molecule has 0 aromatic heterocycles. The lowest BCUT2D eigenvalue weighted by atomic mass is 9.93. The number of benzene rings is 1. The molecule has 3 nitrogen and oxygen atoms in total. The molecule has 0 aliphatic carbocycles. The maximum atomic E-state index is 11.8. The third-order valence-electron chi connectivity index (χ3n) is 2.95. The van der Waals surface area contributed by atoms with E-state index in [9.17, 15) is 9.90 Å². The molecule has 0 fully saturated rings. The second-order valence-corrected chi connectivity index (χ2v) is 5.18. The third-order valence-corrected chi connectivity index (χ3v) is 3.77. The lowest BCUT2D eigenvalue weighted by molar-refractivity contribution is 0.0244. The SMILES string of the molecule is CC[C@@H]1Cc2c(C)cc(I)c(O)c2C(=O)O1. The number of hydrogen-bond acceptors (Lipinski definition) is 3. The number of halogens is 1. The minimum Gasteiger partial charge on any atom is -0.506 e. The van der Waals surface area contributed by atoms with Crippen molar-refractivity contribution in [2.45, 2.75) is 32.8 Å². The number of phenolic OH excluding ortho intramolecular Hbond substituents is 1. The summed E-state index contributed by atoms with van der Waals surface area (Å²) in [6.45, 7) is 3.95. The van der Waals surface area contributed by atoms with Gasteiger partial charge in [-0.05, 0) is 53.1 Å². The molecule has 0 saturated carbocycles. The van der Waals surface area contributed by atoms with Gasteiger partial charge in [0.05, 0.1) is 3.57 Å². The van der Waals surface area contributed by atoms with Crippen LogP contribution in [0.25, 0.3) is 0 Å². The molecular weight excluding hydrogens is 319 g/mol. The molecule has 1 aromatic carbocycles. The number of carbonyl (C=O) groups excluding carboxylic acids is 1. The van der Waals surface area contributed by atoms with E-state index in [1.54, 1.807) is 0 Å². The van der Waals surface area contributed by atoms with Gasteiger partial charge in [0.25, 0.3) is 0 Å². The van der Waals surface area contributed by atoms with Crippen molar-refractivity contribution in [1.82, 2.24) is 0 Å². The van der Waals surface area contributed by atoms with Gasteiger partial charge in [-0.25, -0.2) is 4.79 Å². The summed E-state index contributed by atoms with van der Waals surface area (Å²) in [6.07, 6.45) is 1.45. The lowest BCUT2D eigenvalue weighted by Gasteiger charge is -2.26. The Bertz CT molecular complexity index is 454. The zero-order valence-electron chi connectivity index (χ0n) is 9.21. The van der Waals surface area contributed by atoms with Crippen LogP contribution in [-0.4, -0.2) is 17.2 Å². The number of esters is 1. The minimum atomic E-state index is -0.396. The standard InChI is InChI=1S/C12H13IO3/c1-3-7-5-8-6(2)4-9(13)11(14)10(8)12(15)16-7/h4,7,14H,3,5H2,1-2H3/t7-/m1/s1. The van der Waals surface area contributed by atoms with E-state index in [2.05, 4.69) is 0 Å². The number of fused-ring (bicyclic) bond motifs is 1. The summed E-state index contributed by atoms with van der Waals surface area (Å²) in [4.78, 5) is 11.8. The molecule has 1 heterocycles. The topological polar surface area (TPSA) is 46.5 Å². The zero-order valence-corrected chi connectivity index (χ0v) is 11.4. The Hall–Kier alpha value is -0.780. The van der Waals surface area contributed by atoms with Crippen molar-refractivity contribution in [3.05, 3.63) is 26.3 Å². The van der Waals surface area contributed by atoms with Crippen LogP contribution in [0.4, 0.5) is 0 Å². The van der Waals surface area contributed by atoms with Gasteiger partial charge in [0.2, 0.25) is 0 Å². The fourth-order valence-electron chi connectivity index (χ4n) is 2.00. The van der Waals surface area contributed by atoms with Gasteiger partial charge in [0.1, 0.15) is 17.4 Å². The van der Waals surface area contributed by atoms with E-state index >= 15 is 0 Å². The number of aryl methyl sites for hydroxylation is 1. The molecule has 86 valence electrons. The summed E-state index contributed by atoms with van der Waals surface area (Å²) in [6, 6.07) is 1.90. The highest BCUT2D eigenvalue weighted by molar-refractivity contribution is 14.1. The molecule has 1 aliphatic heterocycles. The van der Waals surface area contributed by atoms with E-state index in [0.717, 1.165) is 17.5 Å². The van der Waals surface area contributed by atoms with Crippen LogP contribution in [0.5, 0.6) is 5.75 Å². The molecule has 2 rings (SSSR count). The molecule has 0 spiro atoms. The van der Waals surface area contributed by atoms with Crippen LogP contribution in [0.15, 0.2) is 6.07 Å². The number of rotatable bonds is 1. The molecule has 0 bridgehead atoms. The van der Waals surface area contributed by atoms with Crippen LogP contribution in [0.3, 0.4) is 0 Å². The Kier molecular flexibility index (Phi) is 3.10. The van der Waals surface area contributed by atoms with Gasteiger partial charge in [-0.1, -0.05) is 6.92 Å². The largest absolute Gasteiger partial charge is 0.506 e. The van der Waals surface area contributed by atoms with Crippen LogP contribution in [-0.2, 0) is 11.2 Å². The van der Waals surface area contributed by atoms with Crippen molar-refractivity contribution < 1.29 is 14.6 Å². The number of ether oxygens (including phenoxy) is 1. The summed E-state index contributed by atoms with van der Waals surface area (Å²) in [5.74, 6) is -0.340. The first-order valence-electron chi connectivity index (χ1n) is 5.26. The number of carbonyl (C=O) groups is 1. The van der Waals surface area contributed by atoms with Crippen LogP contribution < -0.4 is 0 Å². The van der Waals surface area contributed by atoms with E-state index in [1.165, 1.54) is 0 Å². The van der Waals surface area contributed by atoms with Crippen LogP contribution in [0.2, 0.25) is 0 Å². The maximum Gasteiger partial charge on any atom is 0.342 e. The Morgan fingerprint density at radius 2 is 2.31 bits per heavy atom. The maximum absolute atomic E-state index is 11.8. The highest BCUT2D eigenvalue weighted by Crippen LogP contribution is 2.35. The fraction of sp³-hybridized carbons (Fsp3) is 0.417. The Morgan fingerprint density at radius 3 is 2.94 bits per heavy atom. The molecule has 1 N–H and O–H groups in total. The zero-order chi connectivity index (χ0) is 11.9. The number of aromatic hydroxyl groups is 1. The quantitative estimate of drug-likeness (QED) is 0.635. The van der Waals surface area contributed by atoms with E-state index < -0.39 is 5.97 Å². The summed E-state index contributed by atoms with van der Waals surface area (Å²) in [5.41, 5.74) is 2.34. The van der Waals surface area contributed by atoms with Crippen molar-refractivity contribution in [3.63, 3.8) is 0 Å². The van der Waals surface area contributed by atoms with Crippen LogP contribution in [0.1, 0.15) is 34.8 Å². The lowest BCUT2D eigenvalue weighted by Crippen LogP contribution is -2.28. The second kappa shape index (κ2) is 4.24. The average molecular weight is 332 g/mol. The van der Waals surface area contributed by atoms with Gasteiger partial charge in [0, 0.05) is 6.42 Å². The monoisotopic (exact) mass is 332 g/mol. The smallest absolute Gasteiger partial charge is 0.342 e. The first-order valence-corrected chi connectivity index (χ1v) is 6.34. The second-order valence-electron chi connectivity index (χ2n) is 4.02. The Labute approximate surface area is 108 Å². The average Bonchev–Trinajstić information content (AvgIpc) is 2.25. The van der Waals surface area contributed by atoms with E-state index in [-0.39, 0.29) is 11.9 Å². The highest BCUT2D eigenvalue weighted by Gasteiger charge is 2.30. The van der Waals surface area contributed by atoms with E-state index in [1.807, 2.05) is 42.5 Å². The van der Waals surface area contributed by atoms with Crippen molar-refractivity contribution in [1.29, 1.82) is 0 Å². The summed E-state index contributed by atoms with van der Waals surface area (Å²) >= 11 is 2.02. The van der Waals surface area contributed by atoms with Crippen molar-refractivity contribution in [2.24, 2.45) is 0 Å². The molecule has 1 aromatic rings. The van der Waals surface area contributed by atoms with Gasteiger partial charge < -0.3 is 9.84 Å². The molecule has 16 heavy (non-hydrogen) atoms. The van der Waals surface area contributed by atoms with Gasteiger partial charge in [-0.2, -0.15) is 0 Å². The Morgan fingerprint density at radius 1 is 1.62 bits per heavy atom. The molecule has 0 unspecified atom stereocenters. The molecule has 1 aliphatic rings. The highest BCUT2D eigenvalue weighted by atomic mass is 127. The Balaban J connectivity index is 2.60. The van der Waals surface area contributed by atoms with Gasteiger partial charge >= 0.3 is 5.97 Å². The predicted molar refractivity (Wildman–Crippen MR) is 68.8 cm³/mol. The van der Waals surface area contributed by atoms with Gasteiger partial charge in [-0.3, -0.25) is 0 Å². The summed E-state index contributed by atoms with van der Waals surface area (Å²) in [7, 11) is 0. The van der Waals surface area contributed by atoms with Crippen molar-refractivity contribution in [2.75, 3.05) is 0 Å². The molecule has 1 atom stereocenters. The molecule has 0 radical (unpaired) electrons. The minimum absolute atomic E-state index is 0.0563. The third kappa shape index (κ3) is 1.79. The van der Waals surface area contributed by atoms with Gasteiger partial charge in [0.15, 0.2) is 0 Å². The first kappa shape index (κ1) is 11.7. The van der Waals surface area contributed by atoms with E-state index in [4.69, 9.17) is 4.74 Å². The predicted octanol–water partition coefficient (Wildman–Crippen LogP) is 2.80. The number of hydrogen-bond donors (Lipinski definition) is 1. The van der Waals surface area contributed by atoms with Gasteiger partial charge in [-0.15, -0.1) is 0 Å². The molecule has 0 saturated heterocycles. The summed E-state index contributed by atoms with van der Waals surface area (Å²) in [5, 5.41) is 9.89. The van der Waals surface area contributed by atoms with Crippen LogP contribution in [0, 0.1) is 10.5 Å². The van der Waals surface area contributed by atoms with E-state index in [0.29, 0.717) is 15.6 Å². The van der Waals surface area contributed by atoms with Crippen molar-refractivity contribution in [3.8, 4) is 5.75 Å². The molecule has 4 heteroatoms. The molecular formula is C12H13IO3. The summed E-state index contributed by atoms with van der Waals surface area (Å²) < 4.78 is 5.95. The fourth-order valence-corrected chi connectivity index (χ4v) is 2.73.